The van der Waals surface area contributed by atoms with Crippen molar-refractivity contribution in [2.45, 2.75) is 19.5 Å². The highest BCUT2D eigenvalue weighted by molar-refractivity contribution is 7.15. The van der Waals surface area contributed by atoms with Gasteiger partial charge in [-0.15, -0.1) is 0 Å². The van der Waals surface area contributed by atoms with Gasteiger partial charge in [0.25, 0.3) is 4.96 Å². The second-order valence-corrected chi connectivity index (χ2v) is 7.38. The number of nitro groups is 1. The van der Waals surface area contributed by atoms with Crippen molar-refractivity contribution < 1.29 is 4.92 Å². The second kappa shape index (κ2) is 6.45. The molecule has 0 radical (unpaired) electrons. The summed E-state index contributed by atoms with van der Waals surface area (Å²) in [5.41, 5.74) is 1.28. The number of nitrogens with one attached hydrogen (secondary N) is 1. The molecule has 1 aliphatic heterocycles. The maximum Gasteiger partial charge on any atom is 0.372 e. The third-order valence-electron chi connectivity index (χ3n) is 4.67. The molecule has 8 heteroatoms. The van der Waals surface area contributed by atoms with Crippen LogP contribution in [0, 0.1) is 16.0 Å². The smallest absolute Gasteiger partial charge is 0.359 e. The molecule has 1 saturated heterocycles. The van der Waals surface area contributed by atoms with E-state index in [9.17, 15) is 10.1 Å². The van der Waals surface area contributed by atoms with Crippen LogP contribution >= 0.6 is 11.3 Å². The summed E-state index contributed by atoms with van der Waals surface area (Å²) in [6.45, 7) is 4.87. The van der Waals surface area contributed by atoms with Gasteiger partial charge in [-0.2, -0.15) is 9.38 Å². The van der Waals surface area contributed by atoms with E-state index < -0.39 is 0 Å². The number of aromatic nitrogens is 2. The molecule has 0 spiro atoms. The fourth-order valence-electron chi connectivity index (χ4n) is 3.45. The van der Waals surface area contributed by atoms with Gasteiger partial charge < -0.3 is 15.4 Å². The fraction of sp³-hybridized carbons (Fsp3) is 0.353. The zero-order valence-corrected chi connectivity index (χ0v) is 14.6. The van der Waals surface area contributed by atoms with E-state index in [-0.39, 0.29) is 16.8 Å². The summed E-state index contributed by atoms with van der Waals surface area (Å²) in [5.74, 6) is 0.781. The van der Waals surface area contributed by atoms with E-state index in [1.54, 1.807) is 11.6 Å². The van der Waals surface area contributed by atoms with Gasteiger partial charge in [-0.3, -0.25) is 4.90 Å². The lowest BCUT2D eigenvalue weighted by Crippen LogP contribution is -2.28. The van der Waals surface area contributed by atoms with Crippen molar-refractivity contribution in [1.82, 2.24) is 14.3 Å². The largest absolute Gasteiger partial charge is 0.372 e. The van der Waals surface area contributed by atoms with Gasteiger partial charge in [0.2, 0.25) is 5.82 Å². The first kappa shape index (κ1) is 16.0. The summed E-state index contributed by atoms with van der Waals surface area (Å²) in [6, 6.07) is 10.5. The summed E-state index contributed by atoms with van der Waals surface area (Å²) in [5, 5.41) is 16.6. The quantitative estimate of drug-likeness (QED) is 0.560. The molecule has 0 amide bonds. The van der Waals surface area contributed by atoms with Crippen LogP contribution in [-0.2, 0) is 6.54 Å². The Hall–Kier alpha value is -2.45. The Morgan fingerprint density at radius 3 is 2.92 bits per heavy atom. The predicted molar refractivity (Wildman–Crippen MR) is 98.0 cm³/mol. The minimum atomic E-state index is -0.365. The Bertz CT molecular complexity index is 891. The molecule has 7 nitrogen and oxygen atoms in total. The Labute approximate surface area is 149 Å². The van der Waals surface area contributed by atoms with E-state index in [1.807, 2.05) is 18.2 Å². The number of benzene rings is 1. The monoisotopic (exact) mass is 357 g/mol. The SMILES string of the molecule is CC1CN(Cc2ccccc2)CC1Nc1nc2sccn2c1[N+](=O)[O-]. The average Bonchev–Trinajstić information content (AvgIpc) is 3.23. The van der Waals surface area contributed by atoms with Crippen LogP contribution in [-0.4, -0.2) is 38.3 Å². The Morgan fingerprint density at radius 2 is 2.16 bits per heavy atom. The van der Waals surface area contributed by atoms with Crippen LogP contribution in [0.4, 0.5) is 11.6 Å². The van der Waals surface area contributed by atoms with E-state index >= 15 is 0 Å². The van der Waals surface area contributed by atoms with Crippen molar-refractivity contribution in [3.63, 3.8) is 0 Å². The molecule has 25 heavy (non-hydrogen) atoms. The maximum absolute atomic E-state index is 11.5. The summed E-state index contributed by atoms with van der Waals surface area (Å²) in [4.78, 5) is 18.5. The van der Waals surface area contributed by atoms with Crippen molar-refractivity contribution in [3.8, 4) is 0 Å². The molecule has 2 aromatic heterocycles. The normalized spacial score (nSPS) is 21.0. The molecular formula is C17H19N5O2S. The summed E-state index contributed by atoms with van der Waals surface area (Å²) in [7, 11) is 0. The second-order valence-electron chi connectivity index (χ2n) is 6.50. The highest BCUT2D eigenvalue weighted by Gasteiger charge is 2.33. The first-order valence-corrected chi connectivity index (χ1v) is 9.12. The molecule has 2 atom stereocenters. The van der Waals surface area contributed by atoms with Crippen LogP contribution in [0.5, 0.6) is 0 Å². The average molecular weight is 357 g/mol. The van der Waals surface area contributed by atoms with E-state index in [2.05, 4.69) is 34.3 Å². The van der Waals surface area contributed by atoms with E-state index in [0.29, 0.717) is 16.7 Å². The highest BCUT2D eigenvalue weighted by Crippen LogP contribution is 2.31. The summed E-state index contributed by atoms with van der Waals surface area (Å²) >= 11 is 1.40. The number of anilines is 1. The fourth-order valence-corrected chi connectivity index (χ4v) is 4.16. The molecular weight excluding hydrogens is 338 g/mol. The number of likely N-dealkylation sites (tertiary alicyclic amines) is 1. The predicted octanol–water partition coefficient (Wildman–Crippen LogP) is 3.24. The molecule has 1 aliphatic rings. The van der Waals surface area contributed by atoms with Crippen LogP contribution in [0.1, 0.15) is 12.5 Å². The molecule has 0 saturated carbocycles. The minimum absolute atomic E-state index is 0.0185. The Balaban J connectivity index is 1.50. The van der Waals surface area contributed by atoms with Crippen LogP contribution < -0.4 is 5.32 Å². The van der Waals surface area contributed by atoms with Crippen molar-refractivity contribution >= 4 is 27.9 Å². The first-order valence-electron chi connectivity index (χ1n) is 8.24. The van der Waals surface area contributed by atoms with E-state index in [0.717, 1.165) is 19.6 Å². The van der Waals surface area contributed by atoms with Gasteiger partial charge in [-0.05, 0) is 16.4 Å². The van der Waals surface area contributed by atoms with Gasteiger partial charge in [-0.25, -0.2) is 0 Å². The van der Waals surface area contributed by atoms with Crippen LogP contribution in [0.3, 0.4) is 0 Å². The Kier molecular flexibility index (Phi) is 4.14. The van der Waals surface area contributed by atoms with Crippen molar-refractivity contribution in [1.29, 1.82) is 0 Å². The van der Waals surface area contributed by atoms with Gasteiger partial charge in [0, 0.05) is 31.1 Å². The van der Waals surface area contributed by atoms with Crippen molar-refractivity contribution in [2.24, 2.45) is 5.92 Å². The number of hydrogen-bond acceptors (Lipinski definition) is 6. The zero-order valence-electron chi connectivity index (χ0n) is 13.8. The molecule has 3 aromatic rings. The molecule has 4 rings (SSSR count). The lowest BCUT2D eigenvalue weighted by molar-refractivity contribution is -0.389. The summed E-state index contributed by atoms with van der Waals surface area (Å²) in [6.07, 6.45) is 1.69. The van der Waals surface area contributed by atoms with Gasteiger partial charge in [0.15, 0.2) is 0 Å². The molecule has 3 heterocycles. The molecule has 130 valence electrons. The van der Waals surface area contributed by atoms with Crippen LogP contribution in [0.2, 0.25) is 0 Å². The molecule has 0 bridgehead atoms. The van der Waals surface area contributed by atoms with Gasteiger partial charge >= 0.3 is 5.82 Å². The molecule has 2 unspecified atom stereocenters. The third-order valence-corrected chi connectivity index (χ3v) is 5.43. The van der Waals surface area contributed by atoms with Gasteiger partial charge in [-0.1, -0.05) is 48.6 Å². The zero-order chi connectivity index (χ0) is 17.4. The van der Waals surface area contributed by atoms with Crippen LogP contribution in [0.15, 0.2) is 41.9 Å². The van der Waals surface area contributed by atoms with Crippen molar-refractivity contribution in [2.75, 3.05) is 18.4 Å². The number of thiazole rings is 1. The standard InChI is InChI=1S/C17H19N5O2S/c1-12-9-20(10-13-5-3-2-4-6-13)11-14(12)18-15-16(22(23)24)21-7-8-25-17(21)19-15/h2-8,12,14,18H,9-11H2,1H3. The first-order chi connectivity index (χ1) is 12.1. The van der Waals surface area contributed by atoms with Crippen LogP contribution in [0.25, 0.3) is 4.96 Å². The topological polar surface area (TPSA) is 75.7 Å². The lowest BCUT2D eigenvalue weighted by atomic mass is 10.1. The number of nitrogens with zero attached hydrogens (tertiary/aromatic N) is 4. The van der Waals surface area contributed by atoms with Gasteiger partial charge in [0.1, 0.15) is 6.20 Å². The number of fused-ring (bicyclic) bond motifs is 1. The summed E-state index contributed by atoms with van der Waals surface area (Å²) < 4.78 is 1.54. The third kappa shape index (κ3) is 3.10. The lowest BCUT2D eigenvalue weighted by Gasteiger charge is -2.17. The highest BCUT2D eigenvalue weighted by atomic mass is 32.1. The molecule has 0 aliphatic carbocycles. The molecule has 1 N–H and O–H groups in total. The van der Waals surface area contributed by atoms with Crippen molar-refractivity contribution in [3.05, 3.63) is 57.6 Å². The Morgan fingerprint density at radius 1 is 1.36 bits per heavy atom. The number of hydrogen-bond donors (Lipinski definition) is 1. The molecule has 1 fully saturated rings. The minimum Gasteiger partial charge on any atom is -0.359 e. The van der Waals surface area contributed by atoms with E-state index in [4.69, 9.17) is 0 Å². The van der Waals surface area contributed by atoms with E-state index in [1.165, 1.54) is 21.3 Å². The maximum atomic E-state index is 11.5. The molecule has 1 aromatic carbocycles. The van der Waals surface area contributed by atoms with Gasteiger partial charge in [0.05, 0.1) is 0 Å². The number of rotatable bonds is 5. The number of imidazole rings is 1.